The molecular formula is C14H9BrClNO4. The highest BCUT2D eigenvalue weighted by Gasteiger charge is 2.15. The lowest BCUT2D eigenvalue weighted by atomic mass is 10.2. The molecule has 0 aliphatic heterocycles. The smallest absolute Gasteiger partial charge is 0.283 e. The summed E-state index contributed by atoms with van der Waals surface area (Å²) in [7, 11) is 0. The second-order valence-corrected chi connectivity index (χ2v) is 5.30. The first kappa shape index (κ1) is 15.5. The molecule has 0 atom stereocenters. The second kappa shape index (κ2) is 6.69. The summed E-state index contributed by atoms with van der Waals surface area (Å²) in [5.74, 6) is 0.403. The minimum absolute atomic E-state index is 0.0292. The van der Waals surface area contributed by atoms with Gasteiger partial charge in [-0.3, -0.25) is 14.9 Å². The molecule has 0 spiro atoms. The fourth-order valence-electron chi connectivity index (χ4n) is 1.68. The molecule has 0 radical (unpaired) electrons. The number of carbonyl (C=O) groups is 1. The molecule has 0 saturated carbocycles. The molecule has 108 valence electrons. The van der Waals surface area contributed by atoms with Crippen LogP contribution < -0.4 is 4.74 Å². The number of aldehydes is 1. The predicted molar refractivity (Wildman–Crippen MR) is 82.0 cm³/mol. The Morgan fingerprint density at radius 3 is 2.71 bits per heavy atom. The van der Waals surface area contributed by atoms with Gasteiger partial charge in [0.05, 0.1) is 9.95 Å². The fourth-order valence-corrected chi connectivity index (χ4v) is 2.45. The van der Waals surface area contributed by atoms with Gasteiger partial charge in [-0.1, -0.05) is 23.7 Å². The lowest BCUT2D eigenvalue weighted by Crippen LogP contribution is -1.99. The lowest BCUT2D eigenvalue weighted by Gasteiger charge is -2.09. The van der Waals surface area contributed by atoms with Crippen LogP contribution >= 0.6 is 27.5 Å². The van der Waals surface area contributed by atoms with Crippen molar-refractivity contribution >= 4 is 39.5 Å². The Kier molecular flexibility index (Phi) is 4.93. The van der Waals surface area contributed by atoms with Gasteiger partial charge in [0, 0.05) is 17.2 Å². The van der Waals surface area contributed by atoms with Crippen LogP contribution in [0.4, 0.5) is 5.69 Å². The third-order valence-corrected chi connectivity index (χ3v) is 3.94. The van der Waals surface area contributed by atoms with E-state index < -0.39 is 4.92 Å². The van der Waals surface area contributed by atoms with E-state index in [0.717, 1.165) is 0 Å². The Morgan fingerprint density at radius 1 is 1.33 bits per heavy atom. The van der Waals surface area contributed by atoms with Crippen molar-refractivity contribution in [3.05, 3.63) is 67.1 Å². The number of benzene rings is 2. The summed E-state index contributed by atoms with van der Waals surface area (Å²) >= 11 is 9.19. The highest BCUT2D eigenvalue weighted by molar-refractivity contribution is 9.10. The third-order valence-electron chi connectivity index (χ3n) is 2.73. The summed E-state index contributed by atoms with van der Waals surface area (Å²) in [6.45, 7) is 0.114. The molecule has 2 aromatic rings. The number of carbonyl (C=O) groups excluding carboxylic acids is 1. The van der Waals surface area contributed by atoms with Crippen LogP contribution in [0.2, 0.25) is 5.02 Å². The molecule has 0 heterocycles. The molecule has 2 rings (SSSR count). The van der Waals surface area contributed by atoms with Crippen molar-refractivity contribution in [3.8, 4) is 5.75 Å². The van der Waals surface area contributed by atoms with E-state index in [4.69, 9.17) is 16.3 Å². The molecule has 0 aliphatic rings. The minimum atomic E-state index is -0.473. The van der Waals surface area contributed by atoms with Crippen LogP contribution in [0, 0.1) is 10.1 Å². The van der Waals surface area contributed by atoms with Crippen LogP contribution in [-0.2, 0) is 6.61 Å². The maximum atomic E-state index is 10.9. The van der Waals surface area contributed by atoms with E-state index in [9.17, 15) is 14.9 Å². The number of halogens is 2. The van der Waals surface area contributed by atoms with Gasteiger partial charge in [-0.2, -0.15) is 0 Å². The van der Waals surface area contributed by atoms with Crippen LogP contribution in [0.15, 0.2) is 40.9 Å². The van der Waals surface area contributed by atoms with E-state index in [-0.39, 0.29) is 12.3 Å². The molecule has 0 saturated heterocycles. The van der Waals surface area contributed by atoms with Crippen molar-refractivity contribution in [2.45, 2.75) is 6.61 Å². The number of rotatable bonds is 5. The fraction of sp³-hybridized carbons (Fsp3) is 0.0714. The second-order valence-electron chi connectivity index (χ2n) is 4.10. The summed E-state index contributed by atoms with van der Waals surface area (Å²) in [5.41, 5.74) is 1.04. The Bertz CT molecular complexity index is 705. The van der Waals surface area contributed by atoms with Gasteiger partial charge in [-0.25, -0.2) is 0 Å². The average molecular weight is 371 g/mol. The number of hydrogen-bond acceptors (Lipinski definition) is 4. The monoisotopic (exact) mass is 369 g/mol. The van der Waals surface area contributed by atoms with Crippen molar-refractivity contribution in [2.24, 2.45) is 0 Å². The first-order chi connectivity index (χ1) is 10.0. The molecule has 5 nitrogen and oxygen atoms in total. The molecule has 0 unspecified atom stereocenters. The molecule has 0 amide bonds. The largest absolute Gasteiger partial charge is 0.487 e. The highest BCUT2D eigenvalue weighted by Crippen LogP contribution is 2.30. The molecule has 0 aliphatic carbocycles. The van der Waals surface area contributed by atoms with Gasteiger partial charge in [0.15, 0.2) is 0 Å². The molecule has 7 heteroatoms. The Labute approximate surface area is 133 Å². The van der Waals surface area contributed by atoms with Gasteiger partial charge in [-0.05, 0) is 34.1 Å². The van der Waals surface area contributed by atoms with Gasteiger partial charge in [0.25, 0.3) is 5.69 Å². The zero-order valence-electron chi connectivity index (χ0n) is 10.6. The van der Waals surface area contributed by atoms with E-state index >= 15 is 0 Å². The average Bonchev–Trinajstić information content (AvgIpc) is 2.46. The molecule has 0 fully saturated rings. The normalized spacial score (nSPS) is 10.2. The van der Waals surface area contributed by atoms with E-state index in [2.05, 4.69) is 15.9 Å². The van der Waals surface area contributed by atoms with Crippen LogP contribution in [-0.4, -0.2) is 11.2 Å². The summed E-state index contributed by atoms with van der Waals surface area (Å²) in [6.07, 6.45) is 0.687. The first-order valence-corrected chi connectivity index (χ1v) is 6.99. The van der Waals surface area contributed by atoms with E-state index in [1.54, 1.807) is 24.3 Å². The summed E-state index contributed by atoms with van der Waals surface area (Å²) in [6, 6.07) is 9.35. The molecule has 0 bridgehead atoms. The van der Waals surface area contributed by atoms with Crippen LogP contribution in [0.1, 0.15) is 15.9 Å². The minimum Gasteiger partial charge on any atom is -0.487 e. The Morgan fingerprint density at radius 2 is 2.10 bits per heavy atom. The standard InChI is InChI=1S/C14H9BrClNO4/c15-14-10(2-1-3-12(14)17(19)20)8-21-13-5-4-9(7-18)6-11(13)16/h1-7H,8H2. The number of hydrogen-bond donors (Lipinski definition) is 0. The molecular weight excluding hydrogens is 362 g/mol. The van der Waals surface area contributed by atoms with E-state index in [1.807, 2.05) is 0 Å². The zero-order chi connectivity index (χ0) is 15.4. The van der Waals surface area contributed by atoms with Crippen LogP contribution in [0.5, 0.6) is 5.75 Å². The molecule has 0 N–H and O–H groups in total. The number of nitro benzene ring substituents is 1. The summed E-state index contributed by atoms with van der Waals surface area (Å²) < 4.78 is 5.91. The first-order valence-electron chi connectivity index (χ1n) is 5.82. The Balaban J connectivity index is 2.19. The summed E-state index contributed by atoms with van der Waals surface area (Å²) in [5, 5.41) is 11.2. The van der Waals surface area contributed by atoms with Gasteiger partial charge < -0.3 is 4.74 Å². The highest BCUT2D eigenvalue weighted by atomic mass is 79.9. The van der Waals surface area contributed by atoms with Crippen molar-refractivity contribution in [2.75, 3.05) is 0 Å². The Hall–Kier alpha value is -1.92. The summed E-state index contributed by atoms with van der Waals surface area (Å²) in [4.78, 5) is 21.0. The molecule has 2 aromatic carbocycles. The van der Waals surface area contributed by atoms with Crippen molar-refractivity contribution in [1.29, 1.82) is 0 Å². The van der Waals surface area contributed by atoms with E-state index in [1.165, 1.54) is 12.1 Å². The maximum Gasteiger partial charge on any atom is 0.283 e. The third kappa shape index (κ3) is 3.59. The van der Waals surface area contributed by atoms with Gasteiger partial charge in [0.1, 0.15) is 23.1 Å². The van der Waals surface area contributed by atoms with Gasteiger partial charge >= 0.3 is 0 Å². The lowest BCUT2D eigenvalue weighted by molar-refractivity contribution is -0.385. The van der Waals surface area contributed by atoms with Crippen LogP contribution in [0.3, 0.4) is 0 Å². The number of nitrogens with zero attached hydrogens (tertiary/aromatic N) is 1. The molecule has 0 aromatic heterocycles. The quantitative estimate of drug-likeness (QED) is 0.444. The van der Waals surface area contributed by atoms with Crippen molar-refractivity contribution < 1.29 is 14.5 Å². The SMILES string of the molecule is O=Cc1ccc(OCc2cccc([N+](=O)[O-])c2Br)c(Cl)c1. The van der Waals surface area contributed by atoms with E-state index in [0.29, 0.717) is 32.7 Å². The van der Waals surface area contributed by atoms with Crippen LogP contribution in [0.25, 0.3) is 0 Å². The van der Waals surface area contributed by atoms with Crippen molar-refractivity contribution in [1.82, 2.24) is 0 Å². The predicted octanol–water partition coefficient (Wildman–Crippen LogP) is 4.40. The van der Waals surface area contributed by atoms with Gasteiger partial charge in [0.2, 0.25) is 0 Å². The maximum absolute atomic E-state index is 10.9. The zero-order valence-corrected chi connectivity index (χ0v) is 12.9. The van der Waals surface area contributed by atoms with Crippen molar-refractivity contribution in [3.63, 3.8) is 0 Å². The molecule has 21 heavy (non-hydrogen) atoms. The number of ether oxygens (including phenoxy) is 1. The van der Waals surface area contributed by atoms with Gasteiger partial charge in [-0.15, -0.1) is 0 Å². The topological polar surface area (TPSA) is 69.4 Å². The number of nitro groups is 1.